The predicted octanol–water partition coefficient (Wildman–Crippen LogP) is 1.64. The van der Waals surface area contributed by atoms with Crippen molar-refractivity contribution in [2.45, 2.75) is 25.7 Å². The zero-order chi connectivity index (χ0) is 9.07. The van der Waals surface area contributed by atoms with Gasteiger partial charge in [0, 0.05) is 13.2 Å². The van der Waals surface area contributed by atoms with Crippen molar-refractivity contribution in [3.05, 3.63) is 24.3 Å². The molecule has 70 valence electrons. The molecule has 1 aliphatic rings. The maximum Gasteiger partial charge on any atom is 0.0431 e. The van der Waals surface area contributed by atoms with Gasteiger partial charge in [-0.15, -0.1) is 0 Å². The average molecular weight is 170 g/mol. The lowest BCUT2D eigenvalue weighted by Gasteiger charge is -1.90. The third-order valence-electron chi connectivity index (χ3n) is 1.47. The van der Waals surface area contributed by atoms with Crippen LogP contribution in [0.5, 0.6) is 0 Å². The van der Waals surface area contributed by atoms with E-state index in [1.165, 1.54) is 0 Å². The first-order valence-corrected chi connectivity index (χ1v) is 4.45. The van der Waals surface area contributed by atoms with E-state index >= 15 is 0 Å². The molecule has 0 saturated heterocycles. The molecule has 0 fully saturated rings. The summed E-state index contributed by atoms with van der Waals surface area (Å²) in [6.07, 6.45) is 12.1. The standard InChI is InChI=1S/C5H12O2.C5H6/c6-4-2-1-3-5-7;1-2-4-5-3-1/h6-7H,1-5H2;1-4H,5H2. The molecule has 0 aromatic rings. The SMILES string of the molecule is C1=CCC=C1.OCCCCCO. The Morgan fingerprint density at radius 1 is 0.833 bits per heavy atom. The van der Waals surface area contributed by atoms with Crippen molar-refractivity contribution in [2.24, 2.45) is 0 Å². The maximum absolute atomic E-state index is 8.21. The van der Waals surface area contributed by atoms with Crippen LogP contribution in [0, 0.1) is 0 Å². The van der Waals surface area contributed by atoms with Crippen molar-refractivity contribution >= 4 is 0 Å². The highest BCUT2D eigenvalue weighted by atomic mass is 16.3. The quantitative estimate of drug-likeness (QED) is 0.630. The zero-order valence-corrected chi connectivity index (χ0v) is 7.45. The van der Waals surface area contributed by atoms with Crippen LogP contribution in [0.25, 0.3) is 0 Å². The Balaban J connectivity index is 0.000000211. The molecule has 0 amide bonds. The van der Waals surface area contributed by atoms with Crippen LogP contribution in [0.15, 0.2) is 24.3 Å². The Hall–Kier alpha value is -0.600. The number of rotatable bonds is 4. The molecule has 1 aliphatic carbocycles. The van der Waals surface area contributed by atoms with Crippen LogP contribution in [-0.4, -0.2) is 23.4 Å². The molecule has 12 heavy (non-hydrogen) atoms. The van der Waals surface area contributed by atoms with E-state index in [2.05, 4.69) is 24.3 Å². The van der Waals surface area contributed by atoms with Crippen LogP contribution in [0.3, 0.4) is 0 Å². The van der Waals surface area contributed by atoms with Crippen LogP contribution >= 0.6 is 0 Å². The third kappa shape index (κ3) is 9.40. The first-order chi connectivity index (χ1) is 5.91. The van der Waals surface area contributed by atoms with Crippen molar-refractivity contribution in [1.82, 2.24) is 0 Å². The molecule has 0 aromatic carbocycles. The molecule has 1 rings (SSSR count). The number of hydrogen-bond donors (Lipinski definition) is 2. The Morgan fingerprint density at radius 2 is 1.33 bits per heavy atom. The number of aliphatic hydroxyl groups is 2. The number of hydrogen-bond acceptors (Lipinski definition) is 2. The summed E-state index contributed by atoms with van der Waals surface area (Å²) in [7, 11) is 0. The van der Waals surface area contributed by atoms with Crippen LogP contribution in [0.1, 0.15) is 25.7 Å². The second kappa shape index (κ2) is 10.4. The average Bonchev–Trinajstić information content (AvgIpc) is 2.62. The maximum atomic E-state index is 8.21. The van der Waals surface area contributed by atoms with E-state index < -0.39 is 0 Å². The van der Waals surface area contributed by atoms with Gasteiger partial charge in [0.05, 0.1) is 0 Å². The lowest BCUT2D eigenvalue weighted by molar-refractivity contribution is 0.257. The van der Waals surface area contributed by atoms with Gasteiger partial charge in [-0.05, 0) is 25.7 Å². The van der Waals surface area contributed by atoms with Crippen molar-refractivity contribution in [3.63, 3.8) is 0 Å². The minimum atomic E-state index is 0.250. The lowest BCUT2D eigenvalue weighted by Crippen LogP contribution is -1.85. The largest absolute Gasteiger partial charge is 0.396 e. The molecule has 0 aliphatic heterocycles. The molecule has 0 heterocycles. The molecular formula is C10H18O2. The summed E-state index contributed by atoms with van der Waals surface area (Å²) in [5, 5.41) is 16.4. The smallest absolute Gasteiger partial charge is 0.0431 e. The lowest BCUT2D eigenvalue weighted by atomic mass is 10.2. The van der Waals surface area contributed by atoms with Crippen LogP contribution in [-0.2, 0) is 0 Å². The summed E-state index contributed by atoms with van der Waals surface area (Å²) >= 11 is 0. The molecule has 0 radical (unpaired) electrons. The molecule has 0 unspecified atom stereocenters. The topological polar surface area (TPSA) is 40.5 Å². The molecule has 0 saturated carbocycles. The van der Waals surface area contributed by atoms with Gasteiger partial charge < -0.3 is 10.2 Å². The number of unbranched alkanes of at least 4 members (excludes halogenated alkanes) is 2. The van der Waals surface area contributed by atoms with Crippen molar-refractivity contribution in [2.75, 3.05) is 13.2 Å². The minimum Gasteiger partial charge on any atom is -0.396 e. The van der Waals surface area contributed by atoms with E-state index in [1.54, 1.807) is 0 Å². The molecule has 0 aromatic heterocycles. The first-order valence-electron chi connectivity index (χ1n) is 4.45. The van der Waals surface area contributed by atoms with E-state index in [0.717, 1.165) is 25.7 Å². The van der Waals surface area contributed by atoms with Gasteiger partial charge in [-0.2, -0.15) is 0 Å². The molecule has 0 atom stereocenters. The summed E-state index contributed by atoms with van der Waals surface area (Å²) < 4.78 is 0. The summed E-state index contributed by atoms with van der Waals surface area (Å²) in [6.45, 7) is 0.500. The second-order valence-corrected chi connectivity index (χ2v) is 2.60. The summed E-state index contributed by atoms with van der Waals surface area (Å²) in [5.41, 5.74) is 0. The normalized spacial score (nSPS) is 12.8. The molecule has 0 bridgehead atoms. The number of aliphatic hydroxyl groups excluding tert-OH is 2. The van der Waals surface area contributed by atoms with Crippen LogP contribution < -0.4 is 0 Å². The third-order valence-corrected chi connectivity index (χ3v) is 1.47. The molecule has 0 spiro atoms. The molecular weight excluding hydrogens is 152 g/mol. The van der Waals surface area contributed by atoms with Gasteiger partial charge in [-0.1, -0.05) is 24.3 Å². The fraction of sp³-hybridized carbons (Fsp3) is 0.600. The summed E-state index contributed by atoms with van der Waals surface area (Å²) in [6, 6.07) is 0. The fourth-order valence-electron chi connectivity index (χ4n) is 0.793. The first kappa shape index (κ1) is 11.4. The number of allylic oxidation sites excluding steroid dienone is 4. The van der Waals surface area contributed by atoms with Gasteiger partial charge in [-0.25, -0.2) is 0 Å². The van der Waals surface area contributed by atoms with Gasteiger partial charge >= 0.3 is 0 Å². The molecule has 2 nitrogen and oxygen atoms in total. The predicted molar refractivity (Wildman–Crippen MR) is 50.9 cm³/mol. The van der Waals surface area contributed by atoms with Gasteiger partial charge in [0.2, 0.25) is 0 Å². The highest BCUT2D eigenvalue weighted by Gasteiger charge is 1.81. The van der Waals surface area contributed by atoms with E-state index in [0.29, 0.717) is 0 Å². The Morgan fingerprint density at radius 3 is 1.58 bits per heavy atom. The van der Waals surface area contributed by atoms with E-state index in [4.69, 9.17) is 10.2 Å². The fourth-order valence-corrected chi connectivity index (χ4v) is 0.793. The van der Waals surface area contributed by atoms with Crippen molar-refractivity contribution in [3.8, 4) is 0 Å². The summed E-state index contributed by atoms with van der Waals surface area (Å²) in [4.78, 5) is 0. The van der Waals surface area contributed by atoms with Gasteiger partial charge in [0.25, 0.3) is 0 Å². The van der Waals surface area contributed by atoms with Gasteiger partial charge in [-0.3, -0.25) is 0 Å². The Bertz CT molecular complexity index is 114. The molecule has 2 heteroatoms. The highest BCUT2D eigenvalue weighted by molar-refractivity contribution is 5.11. The Kier molecular flexibility index (Phi) is 9.88. The van der Waals surface area contributed by atoms with E-state index in [9.17, 15) is 0 Å². The van der Waals surface area contributed by atoms with Crippen molar-refractivity contribution < 1.29 is 10.2 Å². The second-order valence-electron chi connectivity index (χ2n) is 2.60. The molecule has 2 N–H and O–H groups in total. The van der Waals surface area contributed by atoms with Gasteiger partial charge in [0.15, 0.2) is 0 Å². The Labute approximate surface area is 74.2 Å². The minimum absolute atomic E-state index is 0.250. The van der Waals surface area contributed by atoms with E-state index in [1.807, 2.05) is 0 Å². The van der Waals surface area contributed by atoms with Crippen molar-refractivity contribution in [1.29, 1.82) is 0 Å². The van der Waals surface area contributed by atoms with Crippen LogP contribution in [0.4, 0.5) is 0 Å². The monoisotopic (exact) mass is 170 g/mol. The summed E-state index contributed by atoms with van der Waals surface area (Å²) in [5.74, 6) is 0. The van der Waals surface area contributed by atoms with Crippen LogP contribution in [0.2, 0.25) is 0 Å². The van der Waals surface area contributed by atoms with E-state index in [-0.39, 0.29) is 13.2 Å². The highest BCUT2D eigenvalue weighted by Crippen LogP contribution is 1.93. The van der Waals surface area contributed by atoms with Gasteiger partial charge in [0.1, 0.15) is 0 Å². The zero-order valence-electron chi connectivity index (χ0n) is 7.45.